The SMILES string of the molecule is CC(=O)S(=O)[O-].Nc1ccc(S(=O)(=O)c2ccc(NCC(=O)O)cc2)cc1. The van der Waals surface area contributed by atoms with Crippen LogP contribution in [0.5, 0.6) is 0 Å². The van der Waals surface area contributed by atoms with Gasteiger partial charge < -0.3 is 20.7 Å². The summed E-state index contributed by atoms with van der Waals surface area (Å²) in [6.45, 7) is 0.757. The number of hydrogen-bond donors (Lipinski definition) is 3. The zero-order valence-corrected chi connectivity index (χ0v) is 15.7. The lowest BCUT2D eigenvalue weighted by Crippen LogP contribution is -2.12. The van der Waals surface area contributed by atoms with Crippen molar-refractivity contribution in [2.45, 2.75) is 16.7 Å². The van der Waals surface area contributed by atoms with Gasteiger partial charge in [0.2, 0.25) is 15.0 Å². The summed E-state index contributed by atoms with van der Waals surface area (Å²) in [4.78, 5) is 20.3. The molecule has 2 rings (SSSR count). The van der Waals surface area contributed by atoms with E-state index in [0.29, 0.717) is 11.4 Å². The molecule has 9 nitrogen and oxygen atoms in total. The number of nitrogen functional groups attached to an aromatic ring is 1. The summed E-state index contributed by atoms with van der Waals surface area (Å²) in [5, 5.41) is 10.4. The Labute approximate surface area is 158 Å². The molecule has 0 bridgehead atoms. The Bertz CT molecular complexity index is 912. The minimum Gasteiger partial charge on any atom is -0.766 e. The molecule has 146 valence electrons. The number of carboxylic acid groups (broad SMARTS) is 1. The first-order valence-electron chi connectivity index (χ1n) is 7.30. The number of nitrogens with one attached hydrogen (secondary N) is 1. The van der Waals surface area contributed by atoms with E-state index in [9.17, 15) is 26.8 Å². The lowest BCUT2D eigenvalue weighted by molar-refractivity contribution is -0.134. The van der Waals surface area contributed by atoms with Crippen LogP contribution in [0.15, 0.2) is 58.3 Å². The minimum atomic E-state index is -3.60. The molecular weight excluding hydrogens is 396 g/mol. The molecule has 0 spiro atoms. The van der Waals surface area contributed by atoms with Crippen molar-refractivity contribution in [2.75, 3.05) is 17.6 Å². The zero-order chi connectivity index (χ0) is 20.6. The third kappa shape index (κ3) is 7.17. The number of carbonyl (C=O) groups excluding carboxylic acids is 1. The van der Waals surface area contributed by atoms with Gasteiger partial charge in [-0.05, 0) is 48.5 Å². The maximum absolute atomic E-state index is 12.4. The van der Waals surface area contributed by atoms with Crippen LogP contribution in [-0.2, 0) is 30.5 Å². The Hall–Kier alpha value is -2.76. The summed E-state index contributed by atoms with van der Waals surface area (Å²) < 4.78 is 43.4. The van der Waals surface area contributed by atoms with Crippen LogP contribution >= 0.6 is 0 Å². The van der Waals surface area contributed by atoms with Gasteiger partial charge in [-0.3, -0.25) is 13.8 Å². The van der Waals surface area contributed by atoms with E-state index in [1.165, 1.54) is 48.5 Å². The summed E-state index contributed by atoms with van der Waals surface area (Å²) in [5.74, 6) is -0.992. The van der Waals surface area contributed by atoms with E-state index < -0.39 is 32.0 Å². The van der Waals surface area contributed by atoms with Crippen LogP contribution < -0.4 is 11.1 Å². The van der Waals surface area contributed by atoms with Crippen molar-refractivity contribution < 1.29 is 31.9 Å². The average Bonchev–Trinajstić information content (AvgIpc) is 2.61. The van der Waals surface area contributed by atoms with Crippen molar-refractivity contribution in [3.8, 4) is 0 Å². The Morgan fingerprint density at radius 3 is 1.85 bits per heavy atom. The van der Waals surface area contributed by atoms with E-state index in [2.05, 4.69) is 5.32 Å². The number of anilines is 2. The maximum Gasteiger partial charge on any atom is 0.322 e. The highest BCUT2D eigenvalue weighted by atomic mass is 32.2. The molecule has 2 aromatic carbocycles. The monoisotopic (exact) mass is 413 g/mol. The fourth-order valence-electron chi connectivity index (χ4n) is 1.71. The van der Waals surface area contributed by atoms with E-state index in [4.69, 9.17) is 10.8 Å². The molecule has 0 amide bonds. The second kappa shape index (κ2) is 9.80. The normalized spacial score (nSPS) is 11.6. The van der Waals surface area contributed by atoms with Gasteiger partial charge in [0.25, 0.3) is 0 Å². The summed E-state index contributed by atoms with van der Waals surface area (Å²) in [6.07, 6.45) is 0. The van der Waals surface area contributed by atoms with Gasteiger partial charge in [0, 0.05) is 29.4 Å². The summed E-state index contributed by atoms with van der Waals surface area (Å²) >= 11 is -2.51. The van der Waals surface area contributed by atoms with Gasteiger partial charge in [0.15, 0.2) is 0 Å². The smallest absolute Gasteiger partial charge is 0.322 e. The second-order valence-electron chi connectivity index (χ2n) is 5.07. The van der Waals surface area contributed by atoms with Crippen LogP contribution in [0.4, 0.5) is 11.4 Å². The zero-order valence-electron chi connectivity index (χ0n) is 14.1. The van der Waals surface area contributed by atoms with E-state index in [1.807, 2.05) is 0 Å². The van der Waals surface area contributed by atoms with Crippen molar-refractivity contribution in [1.29, 1.82) is 0 Å². The van der Waals surface area contributed by atoms with Gasteiger partial charge in [-0.15, -0.1) is 0 Å². The lowest BCUT2D eigenvalue weighted by atomic mass is 10.3. The Balaban J connectivity index is 0.000000527. The van der Waals surface area contributed by atoms with E-state index in [-0.39, 0.29) is 16.3 Å². The fourth-order valence-corrected chi connectivity index (χ4v) is 2.97. The van der Waals surface area contributed by atoms with E-state index >= 15 is 0 Å². The number of benzene rings is 2. The number of nitrogens with two attached hydrogens (primary N) is 1. The van der Waals surface area contributed by atoms with Crippen LogP contribution in [0, 0.1) is 0 Å². The van der Waals surface area contributed by atoms with Gasteiger partial charge in [-0.1, -0.05) is 0 Å². The summed E-state index contributed by atoms with van der Waals surface area (Å²) in [7, 11) is -3.60. The highest BCUT2D eigenvalue weighted by Crippen LogP contribution is 2.23. The molecule has 0 aromatic heterocycles. The van der Waals surface area contributed by atoms with E-state index in [1.54, 1.807) is 0 Å². The van der Waals surface area contributed by atoms with Crippen LogP contribution in [0.1, 0.15) is 6.92 Å². The molecule has 0 fully saturated rings. The van der Waals surface area contributed by atoms with Crippen LogP contribution in [0.2, 0.25) is 0 Å². The van der Waals surface area contributed by atoms with Gasteiger partial charge in [-0.2, -0.15) is 0 Å². The molecule has 2 aromatic rings. The highest BCUT2D eigenvalue weighted by Gasteiger charge is 2.17. The molecule has 1 atom stereocenters. The molecule has 0 aliphatic heterocycles. The van der Waals surface area contributed by atoms with Crippen molar-refractivity contribution in [2.24, 2.45) is 0 Å². The molecule has 0 heterocycles. The number of carboxylic acids is 1. The first kappa shape index (κ1) is 22.3. The van der Waals surface area contributed by atoms with Crippen LogP contribution in [-0.4, -0.2) is 39.9 Å². The number of carbonyl (C=O) groups is 2. The quantitative estimate of drug-likeness (QED) is 0.478. The average molecular weight is 413 g/mol. The van der Waals surface area contributed by atoms with Crippen molar-refractivity contribution in [3.63, 3.8) is 0 Å². The van der Waals surface area contributed by atoms with Gasteiger partial charge in [-0.25, -0.2) is 8.42 Å². The van der Waals surface area contributed by atoms with Crippen molar-refractivity contribution >= 4 is 43.4 Å². The van der Waals surface area contributed by atoms with Crippen LogP contribution in [0.25, 0.3) is 0 Å². The molecule has 1 unspecified atom stereocenters. The minimum absolute atomic E-state index is 0.133. The molecule has 0 aliphatic rings. The second-order valence-corrected chi connectivity index (χ2v) is 8.06. The summed E-state index contributed by atoms with van der Waals surface area (Å²) in [6, 6.07) is 11.8. The summed E-state index contributed by atoms with van der Waals surface area (Å²) in [5.41, 5.74) is 6.56. The number of aliphatic carboxylic acids is 1. The Morgan fingerprint density at radius 1 is 1.07 bits per heavy atom. The standard InChI is InChI=1S/C14H14N2O4S.C2H4O3S/c15-10-1-5-12(6-2-10)21(19,20)13-7-3-11(4-8-13)16-9-14(17)18;1-2(3)6(4)5/h1-8,16H,9,15H2,(H,17,18);1H3,(H,4,5)/p-1. The topological polar surface area (TPSA) is 167 Å². The lowest BCUT2D eigenvalue weighted by Gasteiger charge is -2.07. The van der Waals surface area contributed by atoms with Gasteiger partial charge in [0.1, 0.15) is 6.54 Å². The third-order valence-corrected chi connectivity index (χ3v) is 5.29. The first-order valence-corrected chi connectivity index (χ1v) is 9.86. The number of hydrogen-bond acceptors (Lipinski definition) is 8. The van der Waals surface area contributed by atoms with Gasteiger partial charge in [0.05, 0.1) is 9.79 Å². The Morgan fingerprint density at radius 2 is 1.48 bits per heavy atom. The molecule has 0 radical (unpaired) electrons. The van der Waals surface area contributed by atoms with Crippen molar-refractivity contribution in [1.82, 2.24) is 0 Å². The third-order valence-electron chi connectivity index (χ3n) is 3.03. The fraction of sp³-hybridized carbons (Fsp3) is 0.125. The number of rotatable bonds is 5. The molecule has 0 saturated carbocycles. The van der Waals surface area contributed by atoms with E-state index in [0.717, 1.165) is 6.92 Å². The number of sulfone groups is 1. The molecule has 27 heavy (non-hydrogen) atoms. The molecule has 0 saturated heterocycles. The van der Waals surface area contributed by atoms with Crippen LogP contribution in [0.3, 0.4) is 0 Å². The molecule has 0 aliphatic carbocycles. The largest absolute Gasteiger partial charge is 0.766 e. The predicted octanol–water partition coefficient (Wildman–Crippen LogP) is 1.01. The maximum atomic E-state index is 12.4. The predicted molar refractivity (Wildman–Crippen MR) is 98.5 cm³/mol. The van der Waals surface area contributed by atoms with Crippen molar-refractivity contribution in [3.05, 3.63) is 48.5 Å². The molecule has 11 heteroatoms. The Kier molecular flexibility index (Phi) is 8.09. The van der Waals surface area contributed by atoms with Gasteiger partial charge >= 0.3 is 5.97 Å². The highest BCUT2D eigenvalue weighted by molar-refractivity contribution is 7.95. The first-order chi connectivity index (χ1) is 12.5. The molecule has 4 N–H and O–H groups in total. The molecular formula is C16H17N2O7S2-.